The monoisotopic (exact) mass is 226 g/mol. The van der Waals surface area contributed by atoms with Crippen LogP contribution in [0.3, 0.4) is 0 Å². The van der Waals surface area contributed by atoms with E-state index in [4.69, 9.17) is 0 Å². The first-order valence-electron chi connectivity index (χ1n) is 4.37. The Kier molecular flexibility index (Phi) is 3.05. The number of hydrogen-bond acceptors (Lipinski definition) is 5. The molecule has 1 aromatic heterocycles. The Morgan fingerprint density at radius 1 is 1.06 bits per heavy atom. The third-order valence-electron chi connectivity index (χ3n) is 2.17. The molecule has 0 aromatic carbocycles. The summed E-state index contributed by atoms with van der Waals surface area (Å²) in [7, 11) is 2.47. The fourth-order valence-corrected chi connectivity index (χ4v) is 1.25. The van der Waals surface area contributed by atoms with Gasteiger partial charge in [0.15, 0.2) is 0 Å². The van der Waals surface area contributed by atoms with Gasteiger partial charge in [-0.15, -0.1) is 0 Å². The molecule has 0 aliphatic carbocycles. The Hall–Kier alpha value is -2.21. The van der Waals surface area contributed by atoms with Gasteiger partial charge in [-0.05, 0) is 6.92 Å². The standard InChI is InChI=1S/C8H10N4O4/c1-5(9-4-13)12-7(15)10(2)6(14)11(3)8(12)16/h5H,1-3H3. The Balaban J connectivity index is 3.79. The molecule has 8 heteroatoms. The first-order valence-corrected chi connectivity index (χ1v) is 4.37. The summed E-state index contributed by atoms with van der Waals surface area (Å²) in [4.78, 5) is 47.9. The van der Waals surface area contributed by atoms with Crippen molar-refractivity contribution in [1.29, 1.82) is 0 Å². The average molecular weight is 226 g/mol. The lowest BCUT2D eigenvalue weighted by Gasteiger charge is -2.10. The van der Waals surface area contributed by atoms with Crippen LogP contribution in [0.5, 0.6) is 0 Å². The molecule has 0 bridgehead atoms. The van der Waals surface area contributed by atoms with E-state index in [1.54, 1.807) is 0 Å². The highest BCUT2D eigenvalue weighted by molar-refractivity contribution is 5.33. The second-order valence-electron chi connectivity index (χ2n) is 3.19. The predicted molar refractivity (Wildman–Crippen MR) is 54.0 cm³/mol. The van der Waals surface area contributed by atoms with Gasteiger partial charge in [0.05, 0.1) is 0 Å². The molecule has 0 saturated heterocycles. The Labute approximate surface area is 89.1 Å². The summed E-state index contributed by atoms with van der Waals surface area (Å²) >= 11 is 0. The zero-order valence-corrected chi connectivity index (χ0v) is 9.00. The zero-order chi connectivity index (χ0) is 12.5. The van der Waals surface area contributed by atoms with Gasteiger partial charge in [0, 0.05) is 14.1 Å². The molecule has 16 heavy (non-hydrogen) atoms. The molecule has 0 radical (unpaired) electrons. The van der Waals surface area contributed by atoms with Crippen molar-refractivity contribution in [2.45, 2.75) is 13.1 Å². The minimum absolute atomic E-state index is 0.701. The van der Waals surface area contributed by atoms with E-state index in [2.05, 4.69) is 4.99 Å². The number of nitrogens with zero attached hydrogens (tertiary/aromatic N) is 4. The van der Waals surface area contributed by atoms with Crippen molar-refractivity contribution in [3.63, 3.8) is 0 Å². The second-order valence-corrected chi connectivity index (χ2v) is 3.19. The number of rotatable bonds is 2. The van der Waals surface area contributed by atoms with Crippen LogP contribution >= 0.6 is 0 Å². The van der Waals surface area contributed by atoms with Crippen molar-refractivity contribution >= 4 is 6.08 Å². The normalized spacial score (nSPS) is 11.9. The molecule has 0 N–H and O–H groups in total. The fraction of sp³-hybridized carbons (Fsp3) is 0.500. The van der Waals surface area contributed by atoms with E-state index >= 15 is 0 Å². The molecule has 0 spiro atoms. The van der Waals surface area contributed by atoms with Crippen LogP contribution in [0.15, 0.2) is 19.4 Å². The Morgan fingerprint density at radius 3 is 1.88 bits per heavy atom. The number of isocyanates is 1. The number of hydrogen-bond donors (Lipinski definition) is 0. The topological polar surface area (TPSA) is 95.4 Å². The van der Waals surface area contributed by atoms with Crippen LogP contribution in [-0.2, 0) is 18.9 Å². The molecule has 1 unspecified atom stereocenters. The summed E-state index contributed by atoms with van der Waals surface area (Å²) in [6, 6.07) is 0. The van der Waals surface area contributed by atoms with Crippen LogP contribution in [0.2, 0.25) is 0 Å². The van der Waals surface area contributed by atoms with E-state index in [1.165, 1.54) is 27.1 Å². The maximum Gasteiger partial charge on any atom is 0.337 e. The quantitative estimate of drug-likeness (QED) is 0.434. The molecular weight excluding hydrogens is 216 g/mol. The molecule has 0 amide bonds. The number of carbonyl (C=O) groups excluding carboxylic acids is 1. The van der Waals surface area contributed by atoms with Crippen molar-refractivity contribution in [1.82, 2.24) is 13.7 Å². The lowest BCUT2D eigenvalue weighted by Crippen LogP contribution is -2.53. The molecular formula is C8H10N4O4. The van der Waals surface area contributed by atoms with Crippen molar-refractivity contribution in [2.24, 2.45) is 19.1 Å². The molecule has 0 aliphatic rings. The van der Waals surface area contributed by atoms with Crippen LogP contribution in [-0.4, -0.2) is 19.8 Å². The fourth-order valence-electron chi connectivity index (χ4n) is 1.25. The van der Waals surface area contributed by atoms with Crippen LogP contribution in [0, 0.1) is 0 Å². The third-order valence-corrected chi connectivity index (χ3v) is 2.17. The average Bonchev–Trinajstić information content (AvgIpc) is 2.24. The van der Waals surface area contributed by atoms with Gasteiger partial charge in [-0.2, -0.15) is 4.99 Å². The summed E-state index contributed by atoms with van der Waals surface area (Å²) in [5, 5.41) is 0. The summed E-state index contributed by atoms with van der Waals surface area (Å²) in [6.45, 7) is 1.37. The lowest BCUT2D eigenvalue weighted by atomic mass is 10.5. The molecule has 1 heterocycles. The molecule has 1 aromatic rings. The Morgan fingerprint density at radius 2 is 1.50 bits per heavy atom. The van der Waals surface area contributed by atoms with Gasteiger partial charge in [-0.1, -0.05) is 0 Å². The predicted octanol–water partition coefficient (Wildman–Crippen LogP) is -1.90. The molecule has 0 fully saturated rings. The summed E-state index contributed by atoms with van der Waals surface area (Å²) < 4.78 is 2.22. The van der Waals surface area contributed by atoms with Gasteiger partial charge in [0.25, 0.3) is 0 Å². The SMILES string of the molecule is CC(N=C=O)n1c(=O)n(C)c(=O)n(C)c1=O. The van der Waals surface area contributed by atoms with Crippen molar-refractivity contribution in [3.05, 3.63) is 31.5 Å². The Bertz CT molecular complexity index is 589. The number of aromatic nitrogens is 3. The zero-order valence-electron chi connectivity index (χ0n) is 9.00. The first-order chi connectivity index (χ1) is 7.41. The van der Waals surface area contributed by atoms with Gasteiger partial charge in [0.2, 0.25) is 6.08 Å². The number of aliphatic imine (C=N–C) groups is 1. The van der Waals surface area contributed by atoms with Gasteiger partial charge < -0.3 is 0 Å². The summed E-state index contributed by atoms with van der Waals surface area (Å²) in [5.41, 5.74) is -2.37. The van der Waals surface area contributed by atoms with Crippen LogP contribution in [0.25, 0.3) is 0 Å². The van der Waals surface area contributed by atoms with Crippen LogP contribution in [0.1, 0.15) is 13.1 Å². The smallest absolute Gasteiger partial charge is 0.248 e. The van der Waals surface area contributed by atoms with E-state index in [0.29, 0.717) is 4.57 Å². The highest BCUT2D eigenvalue weighted by Crippen LogP contribution is 1.96. The van der Waals surface area contributed by atoms with E-state index in [0.717, 1.165) is 9.13 Å². The maximum atomic E-state index is 11.6. The van der Waals surface area contributed by atoms with Crippen LogP contribution < -0.4 is 17.1 Å². The molecule has 1 atom stereocenters. The van der Waals surface area contributed by atoms with Gasteiger partial charge in [0.1, 0.15) is 6.17 Å². The first kappa shape index (κ1) is 11.9. The van der Waals surface area contributed by atoms with E-state index in [-0.39, 0.29) is 0 Å². The van der Waals surface area contributed by atoms with Crippen LogP contribution in [0.4, 0.5) is 0 Å². The highest BCUT2D eigenvalue weighted by atomic mass is 16.2. The molecule has 1 rings (SSSR count). The van der Waals surface area contributed by atoms with E-state index in [1.807, 2.05) is 0 Å². The van der Waals surface area contributed by atoms with E-state index < -0.39 is 23.2 Å². The van der Waals surface area contributed by atoms with Crippen molar-refractivity contribution in [3.8, 4) is 0 Å². The summed E-state index contributed by atoms with van der Waals surface area (Å²) in [6.07, 6.45) is 0.263. The van der Waals surface area contributed by atoms with Gasteiger partial charge in [-0.25, -0.2) is 32.9 Å². The largest absolute Gasteiger partial charge is 0.337 e. The maximum absolute atomic E-state index is 11.6. The second kappa shape index (κ2) is 4.11. The summed E-state index contributed by atoms with van der Waals surface area (Å²) in [5.74, 6) is 0. The molecule has 86 valence electrons. The highest BCUT2D eigenvalue weighted by Gasteiger charge is 2.14. The van der Waals surface area contributed by atoms with E-state index in [9.17, 15) is 19.2 Å². The lowest BCUT2D eigenvalue weighted by molar-refractivity contribution is 0.444. The minimum atomic E-state index is -0.990. The molecule has 8 nitrogen and oxygen atoms in total. The van der Waals surface area contributed by atoms with Gasteiger partial charge in [-0.3, -0.25) is 0 Å². The third kappa shape index (κ3) is 1.66. The minimum Gasteiger partial charge on any atom is -0.248 e. The van der Waals surface area contributed by atoms with Crippen molar-refractivity contribution < 1.29 is 4.79 Å². The van der Waals surface area contributed by atoms with Gasteiger partial charge >= 0.3 is 17.1 Å². The molecule has 0 aliphatic heterocycles. The molecule has 0 saturated carbocycles. The van der Waals surface area contributed by atoms with Crippen molar-refractivity contribution in [2.75, 3.05) is 0 Å².